The molecular weight excluding hydrogens is 362 g/mol. The van der Waals surface area contributed by atoms with Crippen LogP contribution in [-0.4, -0.2) is 8.42 Å². The van der Waals surface area contributed by atoms with Crippen molar-refractivity contribution in [3.8, 4) is 0 Å². The number of benzene rings is 1. The topological polar surface area (TPSA) is 98.2 Å². The van der Waals surface area contributed by atoms with Gasteiger partial charge in [0.15, 0.2) is 0 Å². The molecule has 0 aliphatic heterocycles. The van der Waals surface area contributed by atoms with Gasteiger partial charge >= 0.3 is 0 Å². The lowest BCUT2D eigenvalue weighted by Gasteiger charge is -2.13. The average Bonchev–Trinajstić information content (AvgIpc) is 2.74. The van der Waals surface area contributed by atoms with Crippen LogP contribution in [0.4, 0.5) is 11.4 Å². The molecule has 0 unspecified atom stereocenters. The van der Waals surface area contributed by atoms with Gasteiger partial charge < -0.3 is 11.1 Å². The number of sulfonamides is 1. The summed E-state index contributed by atoms with van der Waals surface area (Å²) in [6.45, 7) is 2.29. The first-order valence-corrected chi connectivity index (χ1v) is 8.84. The third kappa shape index (κ3) is 3.51. The third-order valence-corrected chi connectivity index (χ3v) is 5.43. The standard InChI is InChI=1S/C12H14BrN3O2S2/c1-7-10(16-6-9-2-3-12(13)19-9)4-8(14)5-11(7)20(15,17)18/h2-5,16H,6,14H2,1H3,(H2,15,17,18). The van der Waals surface area contributed by atoms with E-state index in [1.807, 2.05) is 12.1 Å². The van der Waals surface area contributed by atoms with Gasteiger partial charge in [-0.1, -0.05) is 0 Å². The van der Waals surface area contributed by atoms with Crippen LogP contribution in [0.15, 0.2) is 32.9 Å². The van der Waals surface area contributed by atoms with E-state index in [4.69, 9.17) is 10.9 Å². The molecule has 5 nitrogen and oxygen atoms in total. The second kappa shape index (κ2) is 5.72. The highest BCUT2D eigenvalue weighted by Gasteiger charge is 2.15. The van der Waals surface area contributed by atoms with Crippen LogP contribution in [0.3, 0.4) is 0 Å². The zero-order chi connectivity index (χ0) is 14.9. The second-order valence-corrected chi connectivity index (χ2v) is 8.37. The van der Waals surface area contributed by atoms with E-state index in [-0.39, 0.29) is 4.90 Å². The summed E-state index contributed by atoms with van der Waals surface area (Å²) in [6, 6.07) is 7.03. The van der Waals surface area contributed by atoms with Gasteiger partial charge in [-0.2, -0.15) is 0 Å². The number of nitrogens with one attached hydrogen (secondary N) is 1. The molecule has 0 spiro atoms. The molecule has 1 aromatic carbocycles. The summed E-state index contributed by atoms with van der Waals surface area (Å²) in [5.74, 6) is 0. The number of hydrogen-bond donors (Lipinski definition) is 3. The van der Waals surface area contributed by atoms with Crippen LogP contribution in [0.1, 0.15) is 10.4 Å². The molecule has 0 saturated heterocycles. The smallest absolute Gasteiger partial charge is 0.238 e. The predicted octanol–water partition coefficient (Wildman–Crippen LogP) is 2.66. The Hall–Kier alpha value is -1.09. The third-order valence-electron chi connectivity index (χ3n) is 2.77. The molecule has 0 amide bonds. The molecule has 0 radical (unpaired) electrons. The van der Waals surface area contributed by atoms with Crippen molar-refractivity contribution in [2.75, 3.05) is 11.1 Å². The molecule has 0 fully saturated rings. The number of thiophene rings is 1. The van der Waals surface area contributed by atoms with Crippen LogP contribution in [-0.2, 0) is 16.6 Å². The highest BCUT2D eigenvalue weighted by molar-refractivity contribution is 9.11. The summed E-state index contributed by atoms with van der Waals surface area (Å²) in [5, 5.41) is 8.38. The maximum Gasteiger partial charge on any atom is 0.238 e. The lowest BCUT2D eigenvalue weighted by atomic mass is 10.2. The summed E-state index contributed by atoms with van der Waals surface area (Å²) < 4.78 is 24.1. The molecule has 0 atom stereocenters. The molecule has 0 bridgehead atoms. The van der Waals surface area contributed by atoms with Crippen molar-refractivity contribution in [2.24, 2.45) is 5.14 Å². The number of hydrogen-bond acceptors (Lipinski definition) is 5. The number of nitrogens with two attached hydrogens (primary N) is 2. The summed E-state index contributed by atoms with van der Waals surface area (Å²) in [6.07, 6.45) is 0. The second-order valence-electron chi connectivity index (χ2n) is 4.30. The summed E-state index contributed by atoms with van der Waals surface area (Å²) in [5.41, 5.74) is 7.32. The van der Waals surface area contributed by atoms with Gasteiger partial charge in [-0.05, 0) is 52.7 Å². The largest absolute Gasteiger partial charge is 0.399 e. The Morgan fingerprint density at radius 3 is 2.60 bits per heavy atom. The lowest BCUT2D eigenvalue weighted by molar-refractivity contribution is 0.597. The van der Waals surface area contributed by atoms with Crippen molar-refractivity contribution >= 4 is 48.7 Å². The molecule has 2 rings (SSSR count). The fraction of sp³-hybridized carbons (Fsp3) is 0.167. The first-order valence-electron chi connectivity index (χ1n) is 5.68. The normalized spacial score (nSPS) is 11.6. The van der Waals surface area contributed by atoms with Crippen molar-refractivity contribution in [3.05, 3.63) is 38.5 Å². The number of anilines is 2. The average molecular weight is 376 g/mol. The summed E-state index contributed by atoms with van der Waals surface area (Å²) in [7, 11) is -3.78. The van der Waals surface area contributed by atoms with Crippen LogP contribution in [0.5, 0.6) is 0 Å². The van der Waals surface area contributed by atoms with E-state index in [0.717, 1.165) is 8.66 Å². The highest BCUT2D eigenvalue weighted by atomic mass is 79.9. The molecule has 1 aromatic heterocycles. The Bertz CT molecular complexity index is 741. The lowest BCUT2D eigenvalue weighted by Crippen LogP contribution is -2.15. The molecule has 2 aromatic rings. The van der Waals surface area contributed by atoms with Crippen LogP contribution in [0.2, 0.25) is 0 Å². The van der Waals surface area contributed by atoms with Gasteiger partial charge in [0.1, 0.15) is 0 Å². The Morgan fingerprint density at radius 2 is 2.05 bits per heavy atom. The fourth-order valence-corrected chi connectivity index (χ4v) is 4.08. The molecule has 20 heavy (non-hydrogen) atoms. The van der Waals surface area contributed by atoms with E-state index >= 15 is 0 Å². The van der Waals surface area contributed by atoms with Gasteiger partial charge in [0.05, 0.1) is 8.68 Å². The van der Waals surface area contributed by atoms with Gasteiger partial charge in [-0.25, -0.2) is 13.6 Å². The van der Waals surface area contributed by atoms with Crippen LogP contribution in [0, 0.1) is 6.92 Å². The van der Waals surface area contributed by atoms with Gasteiger partial charge in [-0.15, -0.1) is 11.3 Å². The van der Waals surface area contributed by atoms with Gasteiger partial charge in [0, 0.05) is 22.8 Å². The number of rotatable bonds is 4. The minimum atomic E-state index is -3.78. The molecule has 1 heterocycles. The van der Waals surface area contributed by atoms with E-state index in [9.17, 15) is 8.42 Å². The molecule has 108 valence electrons. The van der Waals surface area contributed by atoms with Crippen molar-refractivity contribution in [1.29, 1.82) is 0 Å². The Morgan fingerprint density at radius 1 is 1.35 bits per heavy atom. The predicted molar refractivity (Wildman–Crippen MR) is 86.3 cm³/mol. The first-order chi connectivity index (χ1) is 9.27. The number of halogens is 1. The zero-order valence-corrected chi connectivity index (χ0v) is 13.9. The molecule has 0 aliphatic carbocycles. The minimum Gasteiger partial charge on any atom is -0.399 e. The zero-order valence-electron chi connectivity index (χ0n) is 10.7. The monoisotopic (exact) mass is 375 g/mol. The summed E-state index contributed by atoms with van der Waals surface area (Å²) >= 11 is 5.00. The molecular formula is C12H14BrN3O2S2. The van der Waals surface area contributed by atoms with Gasteiger partial charge in [-0.3, -0.25) is 0 Å². The molecule has 5 N–H and O–H groups in total. The Balaban J connectivity index is 2.30. The van der Waals surface area contributed by atoms with Gasteiger partial charge in [0.25, 0.3) is 0 Å². The molecule has 8 heteroatoms. The quantitative estimate of drug-likeness (QED) is 0.715. The van der Waals surface area contributed by atoms with E-state index in [1.165, 1.54) is 6.07 Å². The summed E-state index contributed by atoms with van der Waals surface area (Å²) in [4.78, 5) is 1.17. The van der Waals surface area contributed by atoms with E-state index < -0.39 is 10.0 Å². The van der Waals surface area contributed by atoms with E-state index in [0.29, 0.717) is 23.5 Å². The van der Waals surface area contributed by atoms with Gasteiger partial charge in [0.2, 0.25) is 10.0 Å². The van der Waals surface area contributed by atoms with Crippen molar-refractivity contribution in [3.63, 3.8) is 0 Å². The maximum atomic E-state index is 11.5. The first kappa shape index (κ1) is 15.3. The molecule has 0 aliphatic rings. The highest BCUT2D eigenvalue weighted by Crippen LogP contribution is 2.28. The number of primary sulfonamides is 1. The number of nitrogen functional groups attached to an aromatic ring is 1. The molecule has 0 saturated carbocycles. The SMILES string of the molecule is Cc1c(NCc2ccc(Br)s2)cc(N)cc1S(N)(=O)=O. The van der Waals surface area contributed by atoms with Crippen molar-refractivity contribution in [1.82, 2.24) is 0 Å². The Kier molecular flexibility index (Phi) is 4.38. The van der Waals surface area contributed by atoms with Crippen molar-refractivity contribution in [2.45, 2.75) is 18.4 Å². The van der Waals surface area contributed by atoms with Crippen LogP contribution in [0.25, 0.3) is 0 Å². The van der Waals surface area contributed by atoms with Crippen LogP contribution >= 0.6 is 27.3 Å². The van der Waals surface area contributed by atoms with E-state index in [1.54, 1.807) is 24.3 Å². The maximum absolute atomic E-state index is 11.5. The van der Waals surface area contributed by atoms with E-state index in [2.05, 4.69) is 21.2 Å². The Labute approximate surface area is 130 Å². The minimum absolute atomic E-state index is 0.0485. The van der Waals surface area contributed by atoms with Crippen molar-refractivity contribution < 1.29 is 8.42 Å². The fourth-order valence-electron chi connectivity index (χ4n) is 1.82. The van der Waals surface area contributed by atoms with Crippen LogP contribution < -0.4 is 16.2 Å².